The molecule has 26 heavy (non-hydrogen) atoms. The summed E-state index contributed by atoms with van der Waals surface area (Å²) in [4.78, 5) is 13.3. The van der Waals surface area contributed by atoms with Crippen molar-refractivity contribution in [1.29, 1.82) is 0 Å². The van der Waals surface area contributed by atoms with Gasteiger partial charge in [0.25, 0.3) is 0 Å². The molecule has 2 aromatic rings. The first-order valence-corrected chi connectivity index (χ1v) is 9.51. The van der Waals surface area contributed by atoms with Gasteiger partial charge < -0.3 is 14.6 Å². The van der Waals surface area contributed by atoms with Crippen molar-refractivity contribution in [3.05, 3.63) is 30.1 Å². The van der Waals surface area contributed by atoms with Crippen LogP contribution in [0.25, 0.3) is 0 Å². The molecule has 0 atom stereocenters. The number of aromatic nitrogens is 5. The molecule has 0 saturated carbocycles. The Balaban J connectivity index is 1.36. The zero-order valence-electron chi connectivity index (χ0n) is 15.3. The highest BCUT2D eigenvalue weighted by molar-refractivity contribution is 5.29. The minimum Gasteiger partial charge on any atom is -0.393 e. The van der Waals surface area contributed by atoms with E-state index in [0.717, 1.165) is 76.0 Å². The molecule has 0 aliphatic carbocycles. The molecule has 8 nitrogen and oxygen atoms in total. The van der Waals surface area contributed by atoms with Gasteiger partial charge in [-0.25, -0.2) is 9.97 Å². The first-order valence-electron chi connectivity index (χ1n) is 9.51. The van der Waals surface area contributed by atoms with Crippen molar-refractivity contribution in [3.8, 4) is 0 Å². The topological polar surface area (TPSA) is 83.2 Å². The Bertz CT molecular complexity index is 704. The molecule has 4 rings (SSSR count). The molecular weight excluding hydrogens is 330 g/mol. The van der Waals surface area contributed by atoms with E-state index in [1.54, 1.807) is 12.4 Å². The van der Waals surface area contributed by atoms with Gasteiger partial charge in [-0.2, -0.15) is 0 Å². The van der Waals surface area contributed by atoms with Crippen LogP contribution in [0.2, 0.25) is 0 Å². The maximum atomic E-state index is 9.65. The first-order chi connectivity index (χ1) is 12.7. The summed E-state index contributed by atoms with van der Waals surface area (Å²) in [5.74, 6) is 3.36. The van der Waals surface area contributed by atoms with E-state index in [0.29, 0.717) is 5.92 Å². The van der Waals surface area contributed by atoms with E-state index >= 15 is 0 Å². The van der Waals surface area contributed by atoms with Crippen molar-refractivity contribution in [2.24, 2.45) is 7.05 Å². The fourth-order valence-corrected chi connectivity index (χ4v) is 3.94. The molecule has 0 aromatic carbocycles. The standard InChI is InChI=1S/C18H27N7O/c1-23-16(13-24-9-5-15(26)6-10-24)21-22-17(23)14-3-11-25(12-4-14)18-19-7-2-8-20-18/h2,7-8,14-15,26H,3-6,9-13H2,1H3. The lowest BCUT2D eigenvalue weighted by Gasteiger charge is -2.31. The van der Waals surface area contributed by atoms with Crippen molar-refractivity contribution in [2.75, 3.05) is 31.1 Å². The molecule has 2 saturated heterocycles. The summed E-state index contributed by atoms with van der Waals surface area (Å²) in [6.45, 7) is 4.56. The third-order valence-corrected chi connectivity index (χ3v) is 5.62. The molecule has 0 unspecified atom stereocenters. The Morgan fingerprint density at radius 3 is 2.38 bits per heavy atom. The lowest BCUT2D eigenvalue weighted by atomic mass is 9.96. The van der Waals surface area contributed by atoms with Gasteiger partial charge in [0.1, 0.15) is 11.6 Å². The van der Waals surface area contributed by atoms with E-state index in [1.165, 1.54) is 0 Å². The molecule has 4 heterocycles. The van der Waals surface area contributed by atoms with Crippen LogP contribution in [-0.2, 0) is 13.6 Å². The van der Waals surface area contributed by atoms with Crippen molar-refractivity contribution in [1.82, 2.24) is 29.6 Å². The van der Waals surface area contributed by atoms with Gasteiger partial charge in [-0.3, -0.25) is 4.90 Å². The third-order valence-electron chi connectivity index (χ3n) is 5.62. The molecule has 140 valence electrons. The monoisotopic (exact) mass is 357 g/mol. The highest BCUT2D eigenvalue weighted by Crippen LogP contribution is 2.28. The van der Waals surface area contributed by atoms with Gasteiger partial charge in [0.15, 0.2) is 0 Å². The van der Waals surface area contributed by atoms with Gasteiger partial charge >= 0.3 is 0 Å². The van der Waals surface area contributed by atoms with E-state index in [-0.39, 0.29) is 6.10 Å². The molecule has 0 radical (unpaired) electrons. The Hall–Kier alpha value is -2.06. The number of likely N-dealkylation sites (tertiary alicyclic amines) is 1. The van der Waals surface area contributed by atoms with Crippen LogP contribution in [0.3, 0.4) is 0 Å². The van der Waals surface area contributed by atoms with E-state index < -0.39 is 0 Å². The van der Waals surface area contributed by atoms with Gasteiger partial charge in [-0.15, -0.1) is 10.2 Å². The summed E-state index contributed by atoms with van der Waals surface area (Å²) in [5, 5.41) is 18.6. The van der Waals surface area contributed by atoms with Crippen LogP contribution in [0.1, 0.15) is 43.3 Å². The van der Waals surface area contributed by atoms with Crippen molar-refractivity contribution >= 4 is 5.95 Å². The average Bonchev–Trinajstić information content (AvgIpc) is 3.05. The second-order valence-corrected chi connectivity index (χ2v) is 7.35. The average molecular weight is 357 g/mol. The molecule has 0 amide bonds. The number of hydrogen-bond donors (Lipinski definition) is 1. The van der Waals surface area contributed by atoms with Gasteiger partial charge in [0.2, 0.25) is 5.95 Å². The van der Waals surface area contributed by atoms with Crippen molar-refractivity contribution in [3.63, 3.8) is 0 Å². The number of anilines is 1. The van der Waals surface area contributed by atoms with Gasteiger partial charge in [-0.1, -0.05) is 0 Å². The van der Waals surface area contributed by atoms with Gasteiger partial charge in [0.05, 0.1) is 12.6 Å². The van der Waals surface area contributed by atoms with Crippen LogP contribution in [-0.4, -0.2) is 67.0 Å². The highest BCUT2D eigenvalue weighted by atomic mass is 16.3. The Morgan fingerprint density at radius 2 is 1.69 bits per heavy atom. The summed E-state index contributed by atoms with van der Waals surface area (Å²) in [6, 6.07) is 1.85. The smallest absolute Gasteiger partial charge is 0.225 e. The lowest BCUT2D eigenvalue weighted by Crippen LogP contribution is -2.36. The summed E-state index contributed by atoms with van der Waals surface area (Å²) >= 11 is 0. The molecule has 0 bridgehead atoms. The zero-order valence-corrected chi connectivity index (χ0v) is 15.3. The van der Waals surface area contributed by atoms with E-state index in [4.69, 9.17) is 0 Å². The number of aliphatic hydroxyl groups is 1. The second kappa shape index (κ2) is 7.67. The lowest BCUT2D eigenvalue weighted by molar-refractivity contribution is 0.0775. The molecule has 8 heteroatoms. The Morgan fingerprint density at radius 1 is 1.00 bits per heavy atom. The predicted molar refractivity (Wildman–Crippen MR) is 97.7 cm³/mol. The molecule has 1 N–H and O–H groups in total. The molecule has 2 fully saturated rings. The summed E-state index contributed by atoms with van der Waals surface area (Å²) in [7, 11) is 2.08. The van der Waals surface area contributed by atoms with Gasteiger partial charge in [0, 0.05) is 51.5 Å². The third kappa shape index (κ3) is 3.71. The van der Waals surface area contributed by atoms with Crippen LogP contribution < -0.4 is 4.90 Å². The maximum Gasteiger partial charge on any atom is 0.225 e. The zero-order chi connectivity index (χ0) is 17.9. The van der Waals surface area contributed by atoms with Crippen LogP contribution >= 0.6 is 0 Å². The van der Waals surface area contributed by atoms with Crippen LogP contribution in [0.15, 0.2) is 18.5 Å². The minimum atomic E-state index is -0.139. The predicted octanol–water partition coefficient (Wildman–Crippen LogP) is 0.946. The van der Waals surface area contributed by atoms with Crippen LogP contribution in [0.5, 0.6) is 0 Å². The molecular formula is C18H27N7O. The minimum absolute atomic E-state index is 0.139. The number of hydrogen-bond acceptors (Lipinski definition) is 7. The van der Waals surface area contributed by atoms with E-state index in [2.05, 4.69) is 41.6 Å². The van der Waals surface area contributed by atoms with E-state index in [1.807, 2.05) is 6.07 Å². The molecule has 0 spiro atoms. The largest absolute Gasteiger partial charge is 0.393 e. The molecule has 2 aliphatic rings. The summed E-state index contributed by atoms with van der Waals surface area (Å²) in [6.07, 6.45) is 7.24. The summed E-state index contributed by atoms with van der Waals surface area (Å²) < 4.78 is 2.17. The SMILES string of the molecule is Cn1c(CN2CCC(O)CC2)nnc1C1CCN(c2ncccn2)CC1. The second-order valence-electron chi connectivity index (χ2n) is 7.35. The Labute approximate surface area is 153 Å². The maximum absolute atomic E-state index is 9.65. The normalized spacial score (nSPS) is 20.6. The first kappa shape index (κ1) is 17.4. The van der Waals surface area contributed by atoms with Gasteiger partial charge in [-0.05, 0) is 31.7 Å². The number of rotatable bonds is 4. The van der Waals surface area contributed by atoms with Crippen LogP contribution in [0, 0.1) is 0 Å². The van der Waals surface area contributed by atoms with E-state index in [9.17, 15) is 5.11 Å². The highest BCUT2D eigenvalue weighted by Gasteiger charge is 2.27. The molecule has 2 aliphatic heterocycles. The quantitative estimate of drug-likeness (QED) is 0.872. The molecule has 2 aromatic heterocycles. The van der Waals surface area contributed by atoms with Crippen molar-refractivity contribution < 1.29 is 5.11 Å². The fraction of sp³-hybridized carbons (Fsp3) is 0.667. The summed E-state index contributed by atoms with van der Waals surface area (Å²) in [5.41, 5.74) is 0. The number of piperidine rings is 2. The van der Waals surface area contributed by atoms with Crippen molar-refractivity contribution in [2.45, 2.75) is 44.2 Å². The number of aliphatic hydroxyl groups excluding tert-OH is 1. The van der Waals surface area contributed by atoms with Crippen LogP contribution in [0.4, 0.5) is 5.95 Å². The number of nitrogens with zero attached hydrogens (tertiary/aromatic N) is 7. The fourth-order valence-electron chi connectivity index (χ4n) is 3.94. The Kier molecular flexibility index (Phi) is 5.12.